The second-order valence-electron chi connectivity index (χ2n) is 6.17. The summed E-state index contributed by atoms with van der Waals surface area (Å²) < 4.78 is 0. The number of thiazole rings is 1. The number of carbonyl (C=O) groups is 3. The monoisotopic (exact) mass is 421 g/mol. The molecule has 1 aliphatic heterocycles. The Kier molecular flexibility index (Phi) is 5.55. The summed E-state index contributed by atoms with van der Waals surface area (Å²) in [5.74, 6) is -0.571. The van der Waals surface area contributed by atoms with Gasteiger partial charge in [-0.3, -0.25) is 24.6 Å². The van der Waals surface area contributed by atoms with E-state index in [4.69, 9.17) is 0 Å². The summed E-state index contributed by atoms with van der Waals surface area (Å²) in [6.45, 7) is 0.158. The van der Waals surface area contributed by atoms with Crippen molar-refractivity contribution in [1.82, 2.24) is 9.88 Å². The van der Waals surface area contributed by atoms with E-state index in [-0.39, 0.29) is 23.6 Å². The molecule has 3 aromatic rings. The van der Waals surface area contributed by atoms with Gasteiger partial charge in [-0.15, -0.1) is 11.3 Å². The Labute approximate surface area is 175 Å². The number of nitrogens with one attached hydrogen (secondary N) is 1. The molecule has 0 saturated carbocycles. The molecule has 2 aromatic carbocycles. The van der Waals surface area contributed by atoms with Crippen LogP contribution < -0.4 is 5.32 Å². The maximum atomic E-state index is 12.6. The molecule has 1 N–H and O–H groups in total. The van der Waals surface area contributed by atoms with Gasteiger partial charge in [0.25, 0.3) is 17.1 Å². The maximum Gasteiger partial charge on any atom is 0.293 e. The van der Waals surface area contributed by atoms with E-state index in [1.165, 1.54) is 16.2 Å². The van der Waals surface area contributed by atoms with Crippen LogP contribution in [0.15, 0.2) is 71.1 Å². The minimum Gasteiger partial charge on any atom is -0.298 e. The van der Waals surface area contributed by atoms with Gasteiger partial charge in [0.05, 0.1) is 11.4 Å². The minimum atomic E-state index is -0.311. The van der Waals surface area contributed by atoms with Crippen molar-refractivity contribution >= 4 is 51.4 Å². The van der Waals surface area contributed by atoms with E-state index in [9.17, 15) is 14.4 Å². The first kappa shape index (κ1) is 19.1. The van der Waals surface area contributed by atoms with E-state index in [2.05, 4.69) is 10.3 Å². The number of anilines is 1. The van der Waals surface area contributed by atoms with Gasteiger partial charge in [-0.25, -0.2) is 4.98 Å². The Balaban J connectivity index is 1.43. The van der Waals surface area contributed by atoms with Gasteiger partial charge >= 0.3 is 0 Å². The largest absolute Gasteiger partial charge is 0.298 e. The van der Waals surface area contributed by atoms with E-state index in [1.807, 2.05) is 30.3 Å². The third-order valence-corrected chi connectivity index (χ3v) is 5.78. The standard InChI is InChI=1S/C21H15N3O3S2/c25-18(23-20-22-10-11-28-20)16-8-6-15(7-9-16)13-24-19(26)17(29-21(24)27)12-14-4-2-1-3-5-14/h1-12H,13H2,(H,22,23,25)/b17-12-. The van der Waals surface area contributed by atoms with Crippen molar-refractivity contribution in [3.63, 3.8) is 0 Å². The Morgan fingerprint density at radius 1 is 1.07 bits per heavy atom. The van der Waals surface area contributed by atoms with Gasteiger partial charge in [0.15, 0.2) is 5.13 Å². The highest BCUT2D eigenvalue weighted by molar-refractivity contribution is 8.18. The zero-order valence-corrected chi connectivity index (χ0v) is 16.7. The summed E-state index contributed by atoms with van der Waals surface area (Å²) in [6.07, 6.45) is 3.34. The van der Waals surface area contributed by atoms with Crippen LogP contribution in [0.3, 0.4) is 0 Å². The smallest absolute Gasteiger partial charge is 0.293 e. The van der Waals surface area contributed by atoms with Gasteiger partial charge in [0, 0.05) is 17.1 Å². The van der Waals surface area contributed by atoms with Crippen LogP contribution >= 0.6 is 23.1 Å². The molecule has 0 atom stereocenters. The van der Waals surface area contributed by atoms with Crippen molar-refractivity contribution in [3.8, 4) is 0 Å². The molecule has 0 aliphatic carbocycles. The molecule has 3 amide bonds. The van der Waals surface area contributed by atoms with Crippen LogP contribution in [-0.2, 0) is 11.3 Å². The lowest BCUT2D eigenvalue weighted by Crippen LogP contribution is -2.27. The summed E-state index contributed by atoms with van der Waals surface area (Å²) in [5.41, 5.74) is 2.11. The quantitative estimate of drug-likeness (QED) is 0.608. The molecule has 6 nitrogen and oxygen atoms in total. The SMILES string of the molecule is O=C(Nc1nccs1)c1ccc(CN2C(=O)S/C(=C\c3ccccc3)C2=O)cc1. The number of aromatic nitrogens is 1. The zero-order valence-electron chi connectivity index (χ0n) is 15.1. The minimum absolute atomic E-state index is 0.158. The van der Waals surface area contributed by atoms with Crippen LogP contribution in [0.25, 0.3) is 6.08 Å². The molecule has 2 heterocycles. The van der Waals surface area contributed by atoms with Crippen LogP contribution in [0.1, 0.15) is 21.5 Å². The number of carbonyl (C=O) groups excluding carboxylic acids is 3. The van der Waals surface area contributed by atoms with Crippen molar-refractivity contribution in [2.24, 2.45) is 0 Å². The third-order valence-electron chi connectivity index (χ3n) is 4.18. The van der Waals surface area contributed by atoms with Gasteiger partial charge in [-0.2, -0.15) is 0 Å². The number of rotatable bonds is 5. The fraction of sp³-hybridized carbons (Fsp3) is 0.0476. The molecule has 0 spiro atoms. The molecule has 0 bridgehead atoms. The lowest BCUT2D eigenvalue weighted by Gasteiger charge is -2.12. The number of hydrogen-bond acceptors (Lipinski definition) is 6. The lowest BCUT2D eigenvalue weighted by molar-refractivity contribution is -0.123. The van der Waals surface area contributed by atoms with E-state index in [0.29, 0.717) is 15.6 Å². The van der Waals surface area contributed by atoms with E-state index < -0.39 is 0 Å². The van der Waals surface area contributed by atoms with Gasteiger partial charge in [0.1, 0.15) is 0 Å². The Hall–Kier alpha value is -3.23. The van der Waals surface area contributed by atoms with Crippen molar-refractivity contribution < 1.29 is 14.4 Å². The molecule has 144 valence electrons. The average molecular weight is 422 g/mol. The third kappa shape index (κ3) is 4.44. The van der Waals surface area contributed by atoms with Crippen LogP contribution in [-0.4, -0.2) is 26.9 Å². The lowest BCUT2D eigenvalue weighted by atomic mass is 10.1. The fourth-order valence-electron chi connectivity index (χ4n) is 2.74. The number of thioether (sulfide) groups is 1. The first-order chi connectivity index (χ1) is 14.1. The molecule has 0 unspecified atom stereocenters. The molecule has 1 aliphatic rings. The maximum absolute atomic E-state index is 12.6. The van der Waals surface area contributed by atoms with Crippen molar-refractivity contribution in [1.29, 1.82) is 0 Å². The molecule has 1 saturated heterocycles. The molecule has 1 fully saturated rings. The van der Waals surface area contributed by atoms with Gasteiger partial charge < -0.3 is 0 Å². The van der Waals surface area contributed by atoms with Crippen molar-refractivity contribution in [3.05, 3.63) is 87.8 Å². The molecule has 8 heteroatoms. The normalized spacial score (nSPS) is 15.2. The van der Waals surface area contributed by atoms with E-state index >= 15 is 0 Å². The highest BCUT2D eigenvalue weighted by atomic mass is 32.2. The predicted molar refractivity (Wildman–Crippen MR) is 114 cm³/mol. The summed E-state index contributed by atoms with van der Waals surface area (Å²) in [7, 11) is 0. The average Bonchev–Trinajstić information content (AvgIpc) is 3.33. The fourth-order valence-corrected chi connectivity index (χ4v) is 4.10. The van der Waals surface area contributed by atoms with E-state index in [1.54, 1.807) is 41.9 Å². The molecular formula is C21H15N3O3S2. The van der Waals surface area contributed by atoms with Crippen molar-refractivity contribution in [2.75, 3.05) is 5.32 Å². The van der Waals surface area contributed by atoms with Gasteiger partial charge in [-0.1, -0.05) is 42.5 Å². The first-order valence-electron chi connectivity index (χ1n) is 8.70. The molecule has 1 aromatic heterocycles. The number of nitrogens with zero attached hydrogens (tertiary/aromatic N) is 2. The highest BCUT2D eigenvalue weighted by Gasteiger charge is 2.34. The number of hydrogen-bond donors (Lipinski definition) is 1. The Bertz CT molecular complexity index is 1080. The summed E-state index contributed by atoms with van der Waals surface area (Å²) >= 11 is 2.27. The first-order valence-corrected chi connectivity index (χ1v) is 10.4. The summed E-state index contributed by atoms with van der Waals surface area (Å²) in [4.78, 5) is 42.8. The van der Waals surface area contributed by atoms with Crippen LogP contribution in [0.4, 0.5) is 9.93 Å². The van der Waals surface area contributed by atoms with Crippen LogP contribution in [0.5, 0.6) is 0 Å². The molecule has 29 heavy (non-hydrogen) atoms. The van der Waals surface area contributed by atoms with Gasteiger partial charge in [-0.05, 0) is 41.1 Å². The second-order valence-corrected chi connectivity index (χ2v) is 8.05. The Morgan fingerprint density at radius 3 is 2.52 bits per heavy atom. The summed E-state index contributed by atoms with van der Waals surface area (Å²) in [6, 6.07) is 16.2. The number of amides is 3. The van der Waals surface area contributed by atoms with Gasteiger partial charge in [0.2, 0.25) is 0 Å². The molecular weight excluding hydrogens is 406 g/mol. The van der Waals surface area contributed by atoms with Crippen molar-refractivity contribution in [2.45, 2.75) is 6.54 Å². The number of benzene rings is 2. The zero-order chi connectivity index (χ0) is 20.2. The molecule has 0 radical (unpaired) electrons. The van der Waals surface area contributed by atoms with Crippen LogP contribution in [0.2, 0.25) is 0 Å². The number of imide groups is 1. The summed E-state index contributed by atoms with van der Waals surface area (Å²) in [5, 5.41) is 4.72. The van der Waals surface area contributed by atoms with E-state index in [0.717, 1.165) is 22.9 Å². The second kappa shape index (κ2) is 8.42. The predicted octanol–water partition coefficient (Wildman–Crippen LogP) is 4.63. The Morgan fingerprint density at radius 2 is 1.83 bits per heavy atom. The topological polar surface area (TPSA) is 79.4 Å². The highest BCUT2D eigenvalue weighted by Crippen LogP contribution is 2.33. The van der Waals surface area contributed by atoms with Crippen LogP contribution in [0, 0.1) is 0 Å². The molecule has 4 rings (SSSR count).